The first-order valence-corrected chi connectivity index (χ1v) is 16.2. The average molecular weight is 647 g/mol. The maximum absolute atomic E-state index is 15.5. The van der Waals surface area contributed by atoms with E-state index in [0.29, 0.717) is 11.5 Å². The van der Waals surface area contributed by atoms with Gasteiger partial charge in [0.25, 0.3) is 13.4 Å². The summed E-state index contributed by atoms with van der Waals surface area (Å²) in [6, 6.07) is 13.2. The molecule has 1 amide bonds. The van der Waals surface area contributed by atoms with Crippen LogP contribution in [0.3, 0.4) is 0 Å². The third-order valence-electron chi connectivity index (χ3n) is 8.92. The molecule has 0 aliphatic carbocycles. The molecule has 2 aliphatic rings. The fraction of sp³-hybridized carbons (Fsp3) is 0.406. The largest absolute Gasteiger partial charge is 0.493 e. The number of hydrogen-bond acceptors (Lipinski definition) is 6. The monoisotopic (exact) mass is 646 g/mol. The number of para-hydroxylation sites is 1. The Morgan fingerprint density at radius 1 is 1.00 bits per heavy atom. The van der Waals surface area contributed by atoms with Gasteiger partial charge >= 0.3 is 6.18 Å². The van der Waals surface area contributed by atoms with Crippen molar-refractivity contribution in [1.82, 2.24) is 4.67 Å². The molecule has 1 fully saturated rings. The fourth-order valence-electron chi connectivity index (χ4n) is 5.94. The van der Waals surface area contributed by atoms with Gasteiger partial charge in [0.05, 0.1) is 49.7 Å². The van der Waals surface area contributed by atoms with Crippen LogP contribution in [0.25, 0.3) is 0 Å². The van der Waals surface area contributed by atoms with Crippen molar-refractivity contribution in [3.8, 4) is 11.5 Å². The number of rotatable bonds is 8. The second-order valence-electron chi connectivity index (χ2n) is 11.7. The number of morpholine rings is 1. The number of fused-ring (bicyclic) bond motifs is 1. The maximum Gasteiger partial charge on any atom is 0.418 e. The van der Waals surface area contributed by atoms with E-state index in [-0.39, 0.29) is 54.6 Å². The molecule has 0 aromatic heterocycles. The van der Waals surface area contributed by atoms with E-state index in [9.17, 15) is 18.0 Å². The quantitative estimate of drug-likeness (QED) is 0.274. The first-order chi connectivity index (χ1) is 21.2. The number of ether oxygens (including phenoxy) is 3. The molecule has 3 aromatic rings. The average Bonchev–Trinajstić information content (AvgIpc) is 3.19. The predicted octanol–water partition coefficient (Wildman–Crippen LogP) is 6.35. The van der Waals surface area contributed by atoms with Crippen LogP contribution < -0.4 is 30.1 Å². The van der Waals surface area contributed by atoms with Crippen LogP contribution in [0.2, 0.25) is 0 Å². The first-order valence-electron chi connectivity index (χ1n) is 14.6. The molecule has 2 aliphatic heterocycles. The topological polar surface area (TPSA) is 92.4 Å². The molecule has 9 nitrogen and oxygen atoms in total. The molecule has 0 unspecified atom stereocenters. The normalized spacial score (nSPS) is 19.4. The molecule has 45 heavy (non-hydrogen) atoms. The van der Waals surface area contributed by atoms with Crippen molar-refractivity contribution in [3.05, 3.63) is 71.3 Å². The zero-order chi connectivity index (χ0) is 32.7. The molecule has 13 heteroatoms. The highest BCUT2D eigenvalue weighted by Crippen LogP contribution is 2.55. The standard InChI is InChI=1S/C32H38F3N4O5P/c1-20-31(2,3)23-18-29(25(19-26(23)38(20)4)36-30(40)21-11-12-27(42-5)28(17-21)43-6)45(41,39-13-15-44-16-14-39)37-24-10-8-7-9-22(24)32(33,34)35/h7-12,17-20H,13-16H2,1-6H3,(H,36,40)(H,37,41)/t20-,45+/m1/s1. The smallest absolute Gasteiger partial charge is 0.418 e. The van der Waals surface area contributed by atoms with E-state index < -0.39 is 30.5 Å². The Balaban J connectivity index is 1.71. The number of benzene rings is 3. The summed E-state index contributed by atoms with van der Waals surface area (Å²) in [4.78, 5) is 15.8. The Morgan fingerprint density at radius 2 is 1.67 bits per heavy atom. The van der Waals surface area contributed by atoms with Crippen molar-refractivity contribution in [2.45, 2.75) is 38.4 Å². The van der Waals surface area contributed by atoms with Gasteiger partial charge in [-0.25, -0.2) is 4.67 Å². The first kappa shape index (κ1) is 32.7. The second kappa shape index (κ2) is 12.2. The number of halogens is 3. The zero-order valence-electron chi connectivity index (χ0n) is 26.1. The number of methoxy groups -OCH3 is 2. The van der Waals surface area contributed by atoms with Crippen LogP contribution in [0, 0.1) is 0 Å². The summed E-state index contributed by atoms with van der Waals surface area (Å²) in [5.74, 6) is 0.267. The number of carbonyl (C=O) groups excluding carboxylic acids is 1. The molecule has 242 valence electrons. The number of alkyl halides is 3. The Bertz CT molecular complexity index is 1640. The van der Waals surface area contributed by atoms with Gasteiger partial charge in [0.2, 0.25) is 0 Å². The van der Waals surface area contributed by atoms with Crippen LogP contribution in [0.15, 0.2) is 54.6 Å². The van der Waals surface area contributed by atoms with E-state index >= 15 is 4.57 Å². The van der Waals surface area contributed by atoms with Gasteiger partial charge in [-0.1, -0.05) is 26.0 Å². The SMILES string of the molecule is COc1ccc(C(=O)Nc2cc3c(cc2[P@](=O)(Nc2ccccc2C(F)(F)F)N2CCOCC2)C(C)(C)[C@@H](C)N3C)cc1OC. The van der Waals surface area contributed by atoms with Gasteiger partial charge in [-0.15, -0.1) is 0 Å². The van der Waals surface area contributed by atoms with E-state index in [1.54, 1.807) is 28.9 Å². The van der Waals surface area contributed by atoms with E-state index in [2.05, 4.69) is 36.1 Å². The highest BCUT2D eigenvalue weighted by Gasteiger charge is 2.45. The third kappa shape index (κ3) is 5.98. The minimum atomic E-state index is -4.69. The second-order valence-corrected chi connectivity index (χ2v) is 14.1. The summed E-state index contributed by atoms with van der Waals surface area (Å²) in [6.45, 7) is 7.11. The molecule has 0 spiro atoms. The molecule has 1 saturated heterocycles. The van der Waals surface area contributed by atoms with E-state index in [4.69, 9.17) is 14.2 Å². The van der Waals surface area contributed by atoms with Crippen molar-refractivity contribution < 1.29 is 36.7 Å². The number of anilines is 3. The van der Waals surface area contributed by atoms with E-state index in [1.807, 2.05) is 7.05 Å². The van der Waals surface area contributed by atoms with Crippen molar-refractivity contribution in [3.63, 3.8) is 0 Å². The summed E-state index contributed by atoms with van der Waals surface area (Å²) >= 11 is 0. The van der Waals surface area contributed by atoms with Crippen molar-refractivity contribution in [2.75, 3.05) is 62.9 Å². The lowest BCUT2D eigenvalue weighted by atomic mass is 9.81. The minimum absolute atomic E-state index is 0.0406. The van der Waals surface area contributed by atoms with Crippen LogP contribution >= 0.6 is 7.44 Å². The fourth-order valence-corrected chi connectivity index (χ4v) is 8.50. The molecule has 0 bridgehead atoms. The minimum Gasteiger partial charge on any atom is -0.493 e. The van der Waals surface area contributed by atoms with Crippen molar-refractivity contribution in [2.24, 2.45) is 0 Å². The highest BCUT2D eigenvalue weighted by atomic mass is 31.2. The van der Waals surface area contributed by atoms with E-state index in [0.717, 1.165) is 17.3 Å². The summed E-state index contributed by atoms with van der Waals surface area (Å²) in [5, 5.41) is 5.98. The molecule has 2 atom stereocenters. The molecule has 2 N–H and O–H groups in total. The number of likely N-dealkylation sites (N-methyl/N-ethyl adjacent to an activating group) is 1. The van der Waals surface area contributed by atoms with Gasteiger partial charge in [-0.2, -0.15) is 13.2 Å². The molecule has 3 aromatic carbocycles. The van der Waals surface area contributed by atoms with Crippen LogP contribution in [0.5, 0.6) is 11.5 Å². The Labute approximate surface area is 261 Å². The predicted molar refractivity (Wildman–Crippen MR) is 170 cm³/mol. The zero-order valence-corrected chi connectivity index (χ0v) is 27.0. The van der Waals surface area contributed by atoms with Gasteiger partial charge < -0.3 is 29.5 Å². The molecule has 2 heterocycles. The molecule has 0 radical (unpaired) electrons. The number of carbonyl (C=O) groups is 1. The van der Waals surface area contributed by atoms with Crippen molar-refractivity contribution >= 4 is 35.7 Å². The summed E-state index contributed by atoms with van der Waals surface area (Å²) < 4.78 is 75.8. The summed E-state index contributed by atoms with van der Waals surface area (Å²) in [5.41, 5.74) is 0.505. The number of hydrogen-bond donors (Lipinski definition) is 2. The summed E-state index contributed by atoms with van der Waals surface area (Å²) in [7, 11) is 0.805. The molecular formula is C32H38F3N4O5P. The number of nitrogens with one attached hydrogen (secondary N) is 2. The van der Waals surface area contributed by atoms with Gasteiger partial charge in [-0.05, 0) is 55.0 Å². The Kier molecular flexibility index (Phi) is 8.87. The highest BCUT2D eigenvalue weighted by molar-refractivity contribution is 7.71. The van der Waals surface area contributed by atoms with Gasteiger partial charge in [0, 0.05) is 42.8 Å². The number of nitrogens with zero attached hydrogens (tertiary/aromatic N) is 2. The Morgan fingerprint density at radius 3 is 2.31 bits per heavy atom. The lowest BCUT2D eigenvalue weighted by Crippen LogP contribution is -2.40. The number of amides is 1. The van der Waals surface area contributed by atoms with Gasteiger partial charge in [0.1, 0.15) is 0 Å². The molecule has 5 rings (SSSR count). The van der Waals surface area contributed by atoms with Crippen molar-refractivity contribution in [1.29, 1.82) is 0 Å². The lowest BCUT2D eigenvalue weighted by molar-refractivity contribution is -0.136. The molecular weight excluding hydrogens is 608 g/mol. The summed E-state index contributed by atoms with van der Waals surface area (Å²) in [6.07, 6.45) is -4.69. The van der Waals surface area contributed by atoms with Gasteiger partial charge in [-0.3, -0.25) is 9.36 Å². The third-order valence-corrected chi connectivity index (χ3v) is 11.7. The van der Waals surface area contributed by atoms with Crippen LogP contribution in [-0.4, -0.2) is 64.2 Å². The molecule has 0 saturated carbocycles. The van der Waals surface area contributed by atoms with Crippen LogP contribution in [-0.2, 0) is 20.9 Å². The van der Waals surface area contributed by atoms with Gasteiger partial charge in [0.15, 0.2) is 11.5 Å². The maximum atomic E-state index is 15.5. The van der Waals surface area contributed by atoms with Crippen LogP contribution in [0.4, 0.5) is 30.2 Å². The Hall–Kier alpha value is -3.73. The lowest BCUT2D eigenvalue weighted by Gasteiger charge is -2.37. The van der Waals surface area contributed by atoms with Crippen LogP contribution in [0.1, 0.15) is 42.3 Å². The van der Waals surface area contributed by atoms with E-state index in [1.165, 1.54) is 38.5 Å².